The Morgan fingerprint density at radius 2 is 2.14 bits per heavy atom. The third-order valence-corrected chi connectivity index (χ3v) is 3.84. The van der Waals surface area contributed by atoms with E-state index in [0.29, 0.717) is 6.42 Å². The summed E-state index contributed by atoms with van der Waals surface area (Å²) in [6.45, 7) is 9.47. The average Bonchev–Trinajstić information content (AvgIpc) is 2.79. The molecule has 21 heavy (non-hydrogen) atoms. The Morgan fingerprint density at radius 3 is 2.76 bits per heavy atom. The molecule has 0 aromatic heterocycles. The number of nitrogens with one attached hydrogen (secondary N) is 1. The summed E-state index contributed by atoms with van der Waals surface area (Å²) < 4.78 is 0. The van der Waals surface area contributed by atoms with Gasteiger partial charge < -0.3 is 15.3 Å². The fourth-order valence-electron chi connectivity index (χ4n) is 2.71. The zero-order valence-electron chi connectivity index (χ0n) is 13.4. The number of carbonyl (C=O) groups is 1. The molecule has 1 aliphatic rings. The van der Waals surface area contributed by atoms with Crippen molar-refractivity contribution in [2.45, 2.75) is 52.2 Å². The van der Waals surface area contributed by atoms with E-state index in [0.717, 1.165) is 36.3 Å². The molecule has 1 aromatic rings. The van der Waals surface area contributed by atoms with E-state index in [9.17, 15) is 9.90 Å². The van der Waals surface area contributed by atoms with E-state index in [1.807, 2.05) is 18.2 Å². The maximum Gasteiger partial charge on any atom is 0.223 e. The van der Waals surface area contributed by atoms with Crippen molar-refractivity contribution < 1.29 is 9.90 Å². The van der Waals surface area contributed by atoms with E-state index >= 15 is 0 Å². The zero-order chi connectivity index (χ0) is 15.6. The highest BCUT2D eigenvalue weighted by Gasteiger charge is 2.23. The van der Waals surface area contributed by atoms with E-state index in [-0.39, 0.29) is 11.4 Å². The maximum absolute atomic E-state index is 11.5. The Labute approximate surface area is 127 Å². The summed E-state index contributed by atoms with van der Waals surface area (Å²) in [5.41, 5.74) is 3.16. The molecule has 4 heteroatoms. The Kier molecular flexibility index (Phi) is 4.69. The molecule has 0 bridgehead atoms. The van der Waals surface area contributed by atoms with Crippen LogP contribution in [-0.2, 0) is 11.2 Å². The van der Waals surface area contributed by atoms with Crippen molar-refractivity contribution in [2.75, 3.05) is 18.0 Å². The molecule has 4 nitrogen and oxygen atoms in total. The Bertz CT molecular complexity index is 520. The summed E-state index contributed by atoms with van der Waals surface area (Å²) in [7, 11) is 0. The molecule has 0 aliphatic carbocycles. The number of aliphatic hydroxyl groups is 1. The highest BCUT2D eigenvalue weighted by atomic mass is 16.3. The minimum absolute atomic E-state index is 0.0691. The van der Waals surface area contributed by atoms with Crippen molar-refractivity contribution in [1.82, 2.24) is 5.32 Å². The molecule has 0 fully saturated rings. The van der Waals surface area contributed by atoms with Gasteiger partial charge in [-0.05, 0) is 57.4 Å². The van der Waals surface area contributed by atoms with Crippen LogP contribution in [0.3, 0.4) is 0 Å². The molecule has 2 N–H and O–H groups in total. The minimum atomic E-state index is -0.462. The molecule has 0 radical (unpaired) electrons. The normalized spacial score (nSPS) is 16.0. The van der Waals surface area contributed by atoms with Crippen LogP contribution in [0.2, 0.25) is 0 Å². The molecule has 1 amide bonds. The van der Waals surface area contributed by atoms with Crippen LogP contribution in [0, 0.1) is 0 Å². The predicted octanol–water partition coefficient (Wildman–Crippen LogP) is 2.41. The van der Waals surface area contributed by atoms with Crippen molar-refractivity contribution in [2.24, 2.45) is 0 Å². The summed E-state index contributed by atoms with van der Waals surface area (Å²) >= 11 is 0. The molecule has 1 atom stereocenters. The van der Waals surface area contributed by atoms with Gasteiger partial charge in [0.15, 0.2) is 0 Å². The second-order valence-corrected chi connectivity index (χ2v) is 6.79. The SMILES string of the molecule is CC(=O)N1CCc2cc(C(O)CCNC(C)(C)C)ccc21. The number of nitrogens with zero attached hydrogens (tertiary/aromatic N) is 1. The molecular weight excluding hydrogens is 264 g/mol. The molecule has 1 aliphatic heterocycles. The molecule has 116 valence electrons. The van der Waals surface area contributed by atoms with Gasteiger partial charge in [-0.1, -0.05) is 12.1 Å². The molecule has 2 rings (SSSR count). The number of anilines is 1. The number of aliphatic hydroxyl groups excluding tert-OH is 1. The Morgan fingerprint density at radius 1 is 1.43 bits per heavy atom. The topological polar surface area (TPSA) is 52.6 Å². The highest BCUT2D eigenvalue weighted by Crippen LogP contribution is 2.31. The van der Waals surface area contributed by atoms with E-state index < -0.39 is 6.10 Å². The number of benzene rings is 1. The van der Waals surface area contributed by atoms with Gasteiger partial charge in [0, 0.05) is 24.7 Å². The minimum Gasteiger partial charge on any atom is -0.388 e. The second kappa shape index (κ2) is 6.16. The Hall–Kier alpha value is -1.39. The van der Waals surface area contributed by atoms with Gasteiger partial charge in [-0.3, -0.25) is 4.79 Å². The average molecular weight is 290 g/mol. The first-order valence-electron chi connectivity index (χ1n) is 7.62. The lowest BCUT2D eigenvalue weighted by atomic mass is 10.0. The first-order valence-corrected chi connectivity index (χ1v) is 7.62. The number of carbonyl (C=O) groups excluding carboxylic acids is 1. The lowest BCUT2D eigenvalue weighted by molar-refractivity contribution is -0.116. The van der Waals surface area contributed by atoms with Gasteiger partial charge in [0.25, 0.3) is 0 Å². The molecule has 1 heterocycles. The van der Waals surface area contributed by atoms with Crippen molar-refractivity contribution >= 4 is 11.6 Å². The molecule has 0 saturated heterocycles. The lowest BCUT2D eigenvalue weighted by Gasteiger charge is -2.22. The summed E-state index contributed by atoms with van der Waals surface area (Å²) in [6.07, 6.45) is 1.10. The van der Waals surface area contributed by atoms with Crippen LogP contribution in [0.1, 0.15) is 51.3 Å². The number of hydrogen-bond donors (Lipinski definition) is 2. The fraction of sp³-hybridized carbons (Fsp3) is 0.588. The van der Waals surface area contributed by atoms with Gasteiger partial charge in [0.2, 0.25) is 5.91 Å². The monoisotopic (exact) mass is 290 g/mol. The van der Waals surface area contributed by atoms with E-state index in [2.05, 4.69) is 26.1 Å². The van der Waals surface area contributed by atoms with Crippen molar-refractivity contribution in [1.29, 1.82) is 0 Å². The molecular formula is C17H26N2O2. The van der Waals surface area contributed by atoms with E-state index in [4.69, 9.17) is 0 Å². The van der Waals surface area contributed by atoms with Crippen LogP contribution in [0.5, 0.6) is 0 Å². The zero-order valence-corrected chi connectivity index (χ0v) is 13.4. The predicted molar refractivity (Wildman–Crippen MR) is 85.5 cm³/mol. The van der Waals surface area contributed by atoms with Crippen LogP contribution < -0.4 is 10.2 Å². The number of hydrogen-bond acceptors (Lipinski definition) is 3. The van der Waals surface area contributed by atoms with Gasteiger partial charge in [0.05, 0.1) is 6.10 Å². The summed E-state index contributed by atoms with van der Waals surface area (Å²) in [6, 6.07) is 5.93. The largest absolute Gasteiger partial charge is 0.388 e. The number of rotatable bonds is 4. The van der Waals surface area contributed by atoms with Gasteiger partial charge in [-0.25, -0.2) is 0 Å². The summed E-state index contributed by atoms with van der Waals surface area (Å²) in [5.74, 6) is 0.0800. The summed E-state index contributed by atoms with van der Waals surface area (Å²) in [4.78, 5) is 13.3. The van der Waals surface area contributed by atoms with Gasteiger partial charge in [-0.15, -0.1) is 0 Å². The van der Waals surface area contributed by atoms with E-state index in [1.54, 1.807) is 11.8 Å². The number of fused-ring (bicyclic) bond motifs is 1. The van der Waals surface area contributed by atoms with E-state index in [1.165, 1.54) is 0 Å². The van der Waals surface area contributed by atoms with Gasteiger partial charge in [0.1, 0.15) is 0 Å². The molecule has 0 saturated carbocycles. The van der Waals surface area contributed by atoms with Gasteiger partial charge in [-0.2, -0.15) is 0 Å². The lowest BCUT2D eigenvalue weighted by Crippen LogP contribution is -2.36. The first kappa shape index (κ1) is 16.0. The van der Waals surface area contributed by atoms with Gasteiger partial charge >= 0.3 is 0 Å². The van der Waals surface area contributed by atoms with Crippen molar-refractivity contribution in [3.63, 3.8) is 0 Å². The van der Waals surface area contributed by atoms with Crippen LogP contribution in [0.15, 0.2) is 18.2 Å². The third kappa shape index (κ3) is 4.05. The smallest absolute Gasteiger partial charge is 0.223 e. The van der Waals surface area contributed by atoms with Crippen LogP contribution >= 0.6 is 0 Å². The Balaban J connectivity index is 2.01. The first-order chi connectivity index (χ1) is 9.78. The second-order valence-electron chi connectivity index (χ2n) is 6.79. The molecule has 1 unspecified atom stereocenters. The third-order valence-electron chi connectivity index (χ3n) is 3.84. The quantitative estimate of drug-likeness (QED) is 0.895. The molecule has 0 spiro atoms. The maximum atomic E-state index is 11.5. The molecule has 1 aromatic carbocycles. The van der Waals surface area contributed by atoms with Crippen molar-refractivity contribution in [3.05, 3.63) is 29.3 Å². The number of amides is 1. The fourth-order valence-corrected chi connectivity index (χ4v) is 2.71. The summed E-state index contributed by atoms with van der Waals surface area (Å²) in [5, 5.41) is 13.7. The van der Waals surface area contributed by atoms with Crippen LogP contribution in [-0.4, -0.2) is 29.6 Å². The van der Waals surface area contributed by atoms with Crippen LogP contribution in [0.25, 0.3) is 0 Å². The highest BCUT2D eigenvalue weighted by molar-refractivity contribution is 5.93. The standard InChI is InChI=1S/C17H26N2O2/c1-12(20)19-10-8-13-11-14(5-6-15(13)19)16(21)7-9-18-17(2,3)4/h5-6,11,16,18,21H,7-10H2,1-4H3. The van der Waals surface area contributed by atoms with Crippen molar-refractivity contribution in [3.8, 4) is 0 Å². The van der Waals surface area contributed by atoms with Crippen LogP contribution in [0.4, 0.5) is 5.69 Å².